The third kappa shape index (κ3) is 4.77. The second kappa shape index (κ2) is 7.78. The standard InChI is InChI=1S/C21H33BN2O3Si/c1-20(2)21(3,4)27-22(26-20)17-10-11-18(23-15-17)19-9-8-12-24(19)16-25-13-14-28(5,6)7/h8-12,15H,13-14,16H2,1-7H3. The lowest BCUT2D eigenvalue weighted by Gasteiger charge is -2.32. The first-order valence-electron chi connectivity index (χ1n) is 10.0. The number of ether oxygens (including phenoxy) is 1. The molecule has 2 aromatic rings. The van der Waals surface area contributed by atoms with Crippen LogP contribution < -0.4 is 5.46 Å². The van der Waals surface area contributed by atoms with Crippen LogP contribution in [0.2, 0.25) is 25.7 Å². The lowest BCUT2D eigenvalue weighted by atomic mass is 9.80. The first kappa shape index (κ1) is 21.3. The van der Waals surface area contributed by atoms with E-state index in [2.05, 4.69) is 63.0 Å². The van der Waals surface area contributed by atoms with Gasteiger partial charge in [-0.05, 0) is 51.9 Å². The lowest BCUT2D eigenvalue weighted by molar-refractivity contribution is 0.00578. The van der Waals surface area contributed by atoms with Crippen LogP contribution >= 0.6 is 0 Å². The summed E-state index contributed by atoms with van der Waals surface area (Å²) in [7, 11) is -1.45. The van der Waals surface area contributed by atoms with Gasteiger partial charge in [-0.2, -0.15) is 0 Å². The second-order valence-corrected chi connectivity index (χ2v) is 15.4. The molecule has 1 aliphatic heterocycles. The van der Waals surface area contributed by atoms with Crippen molar-refractivity contribution in [2.75, 3.05) is 6.61 Å². The first-order chi connectivity index (χ1) is 13.0. The van der Waals surface area contributed by atoms with Crippen molar-refractivity contribution < 1.29 is 14.0 Å². The zero-order valence-corrected chi connectivity index (χ0v) is 19.3. The highest BCUT2D eigenvalue weighted by Gasteiger charge is 2.51. The molecule has 0 spiro atoms. The summed E-state index contributed by atoms with van der Waals surface area (Å²) >= 11 is 0. The molecule has 2 aromatic heterocycles. The quantitative estimate of drug-likeness (QED) is 0.517. The number of nitrogens with zero attached hydrogens (tertiary/aromatic N) is 2. The maximum Gasteiger partial charge on any atom is 0.496 e. The average molecular weight is 400 g/mol. The van der Waals surface area contributed by atoms with Gasteiger partial charge in [-0.3, -0.25) is 4.98 Å². The molecule has 1 saturated heterocycles. The Morgan fingerprint density at radius 3 is 2.32 bits per heavy atom. The summed E-state index contributed by atoms with van der Waals surface area (Å²) in [5.74, 6) is 0. The maximum absolute atomic E-state index is 6.11. The van der Waals surface area contributed by atoms with Crippen LogP contribution in [0.3, 0.4) is 0 Å². The van der Waals surface area contributed by atoms with Gasteiger partial charge in [0, 0.05) is 32.5 Å². The summed E-state index contributed by atoms with van der Waals surface area (Å²) in [6.07, 6.45) is 3.88. The molecule has 0 aromatic carbocycles. The molecule has 1 fully saturated rings. The Labute approximate surface area is 170 Å². The van der Waals surface area contributed by atoms with Gasteiger partial charge in [0.1, 0.15) is 6.73 Å². The summed E-state index contributed by atoms with van der Waals surface area (Å²) in [5, 5.41) is 0. The molecule has 0 saturated carbocycles. The zero-order valence-electron chi connectivity index (χ0n) is 18.3. The van der Waals surface area contributed by atoms with Crippen LogP contribution in [0.1, 0.15) is 27.7 Å². The van der Waals surface area contributed by atoms with Crippen LogP contribution in [0.25, 0.3) is 11.4 Å². The van der Waals surface area contributed by atoms with Gasteiger partial charge < -0.3 is 18.6 Å². The third-order valence-corrected chi connectivity index (χ3v) is 7.33. The topological polar surface area (TPSA) is 45.5 Å². The largest absolute Gasteiger partial charge is 0.496 e. The fourth-order valence-electron chi connectivity index (χ4n) is 2.98. The summed E-state index contributed by atoms with van der Waals surface area (Å²) < 4.78 is 20.2. The Morgan fingerprint density at radius 1 is 1.07 bits per heavy atom. The van der Waals surface area contributed by atoms with E-state index in [0.717, 1.165) is 23.5 Å². The summed E-state index contributed by atoms with van der Waals surface area (Å²) in [5.41, 5.74) is 2.20. The van der Waals surface area contributed by atoms with E-state index in [-0.39, 0.29) is 18.3 Å². The molecule has 0 N–H and O–H groups in total. The van der Waals surface area contributed by atoms with E-state index >= 15 is 0 Å². The number of hydrogen-bond donors (Lipinski definition) is 0. The molecule has 0 amide bonds. The SMILES string of the molecule is CC1(C)OB(c2ccc(-c3cccn3COCC[Si](C)(C)C)nc2)OC1(C)C. The van der Waals surface area contributed by atoms with Crippen molar-refractivity contribution in [3.05, 3.63) is 36.7 Å². The van der Waals surface area contributed by atoms with Gasteiger partial charge in [0.25, 0.3) is 0 Å². The molecule has 152 valence electrons. The van der Waals surface area contributed by atoms with Crippen molar-refractivity contribution >= 4 is 20.7 Å². The van der Waals surface area contributed by atoms with Gasteiger partial charge in [0.15, 0.2) is 0 Å². The Hall–Kier alpha value is -1.41. The van der Waals surface area contributed by atoms with Crippen molar-refractivity contribution in [2.45, 2.75) is 71.3 Å². The minimum atomic E-state index is -1.07. The molecule has 28 heavy (non-hydrogen) atoms. The minimum absolute atomic E-state index is 0.349. The van der Waals surface area contributed by atoms with Gasteiger partial charge in [0.2, 0.25) is 0 Å². The van der Waals surface area contributed by atoms with Gasteiger partial charge >= 0.3 is 7.12 Å². The smallest absolute Gasteiger partial charge is 0.399 e. The van der Waals surface area contributed by atoms with E-state index < -0.39 is 8.07 Å². The summed E-state index contributed by atoms with van der Waals surface area (Å²) in [4.78, 5) is 4.66. The molecular formula is C21H33BN2O3Si. The van der Waals surface area contributed by atoms with E-state index in [1.165, 1.54) is 6.04 Å². The molecule has 0 atom stereocenters. The van der Waals surface area contributed by atoms with Crippen LogP contribution in [0.4, 0.5) is 0 Å². The van der Waals surface area contributed by atoms with Crippen molar-refractivity contribution in [3.8, 4) is 11.4 Å². The number of hydrogen-bond acceptors (Lipinski definition) is 4. The molecular weight excluding hydrogens is 367 g/mol. The summed E-state index contributed by atoms with van der Waals surface area (Å²) in [6, 6.07) is 9.33. The first-order valence-corrected chi connectivity index (χ1v) is 13.7. The van der Waals surface area contributed by atoms with Gasteiger partial charge in [-0.25, -0.2) is 0 Å². The van der Waals surface area contributed by atoms with Crippen molar-refractivity contribution in [3.63, 3.8) is 0 Å². The molecule has 5 nitrogen and oxygen atoms in total. The lowest BCUT2D eigenvalue weighted by Crippen LogP contribution is -2.41. The molecule has 3 heterocycles. The highest BCUT2D eigenvalue weighted by molar-refractivity contribution is 6.76. The molecule has 7 heteroatoms. The van der Waals surface area contributed by atoms with E-state index in [1.54, 1.807) is 0 Å². The average Bonchev–Trinajstić information content (AvgIpc) is 3.13. The van der Waals surface area contributed by atoms with Crippen LogP contribution in [0.15, 0.2) is 36.7 Å². The van der Waals surface area contributed by atoms with E-state index in [1.807, 2.05) is 30.6 Å². The monoisotopic (exact) mass is 400 g/mol. The van der Waals surface area contributed by atoms with E-state index in [0.29, 0.717) is 6.73 Å². The van der Waals surface area contributed by atoms with Crippen LogP contribution in [0, 0.1) is 0 Å². The predicted molar refractivity (Wildman–Crippen MR) is 117 cm³/mol. The molecule has 0 radical (unpaired) electrons. The van der Waals surface area contributed by atoms with Crippen molar-refractivity contribution in [1.82, 2.24) is 9.55 Å². The number of pyridine rings is 1. The predicted octanol–water partition coefficient (Wildman–Crippen LogP) is 4.16. The second-order valence-electron chi connectivity index (χ2n) is 9.78. The van der Waals surface area contributed by atoms with Gasteiger partial charge in [-0.1, -0.05) is 25.7 Å². The van der Waals surface area contributed by atoms with Crippen LogP contribution in [0.5, 0.6) is 0 Å². The Bertz CT molecular complexity index is 781. The molecule has 0 aliphatic carbocycles. The highest BCUT2D eigenvalue weighted by Crippen LogP contribution is 2.36. The zero-order chi connectivity index (χ0) is 20.6. The van der Waals surface area contributed by atoms with Crippen molar-refractivity contribution in [2.24, 2.45) is 0 Å². The molecule has 0 bridgehead atoms. The highest BCUT2D eigenvalue weighted by atomic mass is 28.3. The molecule has 0 unspecified atom stereocenters. The Morgan fingerprint density at radius 2 is 1.75 bits per heavy atom. The van der Waals surface area contributed by atoms with Gasteiger partial charge in [-0.15, -0.1) is 0 Å². The summed E-state index contributed by atoms with van der Waals surface area (Å²) in [6.45, 7) is 16.7. The van der Waals surface area contributed by atoms with Crippen molar-refractivity contribution in [1.29, 1.82) is 0 Å². The fourth-order valence-corrected chi connectivity index (χ4v) is 3.73. The Balaban J connectivity index is 1.66. The van der Waals surface area contributed by atoms with E-state index in [9.17, 15) is 0 Å². The normalized spacial score (nSPS) is 18.6. The minimum Gasteiger partial charge on any atom is -0.399 e. The fraction of sp³-hybridized carbons (Fsp3) is 0.571. The maximum atomic E-state index is 6.11. The number of rotatable bonds is 7. The Kier molecular flexibility index (Phi) is 5.92. The van der Waals surface area contributed by atoms with Crippen LogP contribution in [-0.2, 0) is 20.8 Å². The third-order valence-electron chi connectivity index (χ3n) is 5.63. The van der Waals surface area contributed by atoms with E-state index in [4.69, 9.17) is 14.0 Å². The van der Waals surface area contributed by atoms with Crippen LogP contribution in [-0.4, -0.2) is 42.6 Å². The van der Waals surface area contributed by atoms with Gasteiger partial charge in [0.05, 0.1) is 22.6 Å². The number of aromatic nitrogens is 2. The molecule has 3 rings (SSSR count). The molecule has 1 aliphatic rings.